The van der Waals surface area contributed by atoms with Crippen molar-refractivity contribution in [1.82, 2.24) is 10.2 Å². The van der Waals surface area contributed by atoms with E-state index in [1.807, 2.05) is 30.3 Å². The van der Waals surface area contributed by atoms with Crippen LogP contribution in [0.3, 0.4) is 0 Å². The van der Waals surface area contributed by atoms with Crippen LogP contribution < -0.4 is 11.1 Å². The third kappa shape index (κ3) is 6.33. The molecular formula is C21H35Cl2N3O2. The van der Waals surface area contributed by atoms with Gasteiger partial charge in [-0.15, -0.1) is 24.8 Å². The fourth-order valence-electron chi connectivity index (χ4n) is 4.29. The normalized spacial score (nSPS) is 21.5. The third-order valence-corrected chi connectivity index (χ3v) is 6.05. The molecule has 1 amide bonds. The molecule has 2 fully saturated rings. The van der Waals surface area contributed by atoms with E-state index in [-0.39, 0.29) is 36.1 Å². The number of carbonyl (C=O) groups excluding carboxylic acids is 1. The SMILES string of the molecule is CC(N)(C(=O)NCC1(CN2CCOCC2)CCCCC1)c1ccccc1.Cl.Cl. The van der Waals surface area contributed by atoms with Gasteiger partial charge < -0.3 is 15.8 Å². The Morgan fingerprint density at radius 2 is 1.75 bits per heavy atom. The van der Waals surface area contributed by atoms with Gasteiger partial charge in [-0.3, -0.25) is 9.69 Å². The molecule has 160 valence electrons. The van der Waals surface area contributed by atoms with Crippen molar-refractivity contribution < 1.29 is 9.53 Å². The van der Waals surface area contributed by atoms with Gasteiger partial charge in [-0.25, -0.2) is 0 Å². The summed E-state index contributed by atoms with van der Waals surface area (Å²) in [4.78, 5) is 15.4. The number of nitrogens with two attached hydrogens (primary N) is 1. The van der Waals surface area contributed by atoms with Crippen LogP contribution in [0.4, 0.5) is 0 Å². The Morgan fingerprint density at radius 1 is 1.14 bits per heavy atom. The number of rotatable bonds is 6. The number of halogens is 2. The van der Waals surface area contributed by atoms with E-state index in [9.17, 15) is 4.79 Å². The number of hydrogen-bond acceptors (Lipinski definition) is 4. The number of ether oxygens (including phenoxy) is 1. The highest BCUT2D eigenvalue weighted by molar-refractivity contribution is 5.87. The van der Waals surface area contributed by atoms with Crippen LogP contribution in [0.15, 0.2) is 30.3 Å². The number of morpholine rings is 1. The maximum atomic E-state index is 12.9. The van der Waals surface area contributed by atoms with E-state index in [4.69, 9.17) is 10.5 Å². The van der Waals surface area contributed by atoms with E-state index in [0.717, 1.165) is 38.4 Å². The Balaban J connectivity index is 0.00000196. The van der Waals surface area contributed by atoms with E-state index < -0.39 is 5.54 Å². The molecule has 1 aromatic carbocycles. The van der Waals surface area contributed by atoms with Crippen LogP contribution in [-0.4, -0.2) is 50.2 Å². The average molecular weight is 432 g/mol. The van der Waals surface area contributed by atoms with Crippen molar-refractivity contribution in [1.29, 1.82) is 0 Å². The largest absolute Gasteiger partial charge is 0.379 e. The molecule has 5 nitrogen and oxygen atoms in total. The first-order valence-electron chi connectivity index (χ1n) is 9.95. The topological polar surface area (TPSA) is 67.6 Å². The standard InChI is InChI=1S/C21H33N3O2.2ClH/c1-20(22,18-8-4-2-5-9-18)19(25)23-16-21(10-6-3-7-11-21)17-24-12-14-26-15-13-24;;/h2,4-5,8-9H,3,6-7,10-17,22H2,1H3,(H,23,25);2*1H. The van der Waals surface area contributed by atoms with Gasteiger partial charge in [0.05, 0.1) is 13.2 Å². The van der Waals surface area contributed by atoms with E-state index in [2.05, 4.69) is 10.2 Å². The lowest BCUT2D eigenvalue weighted by Crippen LogP contribution is -2.54. The van der Waals surface area contributed by atoms with Crippen LogP contribution in [0.5, 0.6) is 0 Å². The lowest BCUT2D eigenvalue weighted by Gasteiger charge is -2.42. The molecule has 3 rings (SSSR count). The van der Waals surface area contributed by atoms with Gasteiger partial charge in [-0.1, -0.05) is 49.6 Å². The van der Waals surface area contributed by atoms with Gasteiger partial charge in [-0.2, -0.15) is 0 Å². The maximum absolute atomic E-state index is 12.9. The molecule has 1 saturated carbocycles. The van der Waals surface area contributed by atoms with Crippen LogP contribution in [0.1, 0.15) is 44.6 Å². The minimum atomic E-state index is -1.00. The quantitative estimate of drug-likeness (QED) is 0.725. The first-order chi connectivity index (χ1) is 12.5. The van der Waals surface area contributed by atoms with Crippen LogP contribution in [0.25, 0.3) is 0 Å². The molecule has 7 heteroatoms. The summed E-state index contributed by atoms with van der Waals surface area (Å²) < 4.78 is 5.49. The summed E-state index contributed by atoms with van der Waals surface area (Å²) in [6, 6.07) is 9.63. The van der Waals surface area contributed by atoms with Gasteiger partial charge in [0.2, 0.25) is 5.91 Å². The molecule has 1 aliphatic heterocycles. The van der Waals surface area contributed by atoms with Gasteiger partial charge in [0, 0.05) is 31.6 Å². The molecule has 1 unspecified atom stereocenters. The zero-order chi connectivity index (χ0) is 18.5. The summed E-state index contributed by atoms with van der Waals surface area (Å²) in [6.45, 7) is 7.18. The Bertz CT molecular complexity index is 587. The molecule has 0 bridgehead atoms. The summed E-state index contributed by atoms with van der Waals surface area (Å²) in [6.07, 6.45) is 6.16. The molecule has 3 N–H and O–H groups in total. The molecule has 2 aliphatic rings. The van der Waals surface area contributed by atoms with E-state index in [0.29, 0.717) is 6.54 Å². The van der Waals surface area contributed by atoms with Crippen LogP contribution in [-0.2, 0) is 15.1 Å². The zero-order valence-electron chi connectivity index (χ0n) is 16.8. The third-order valence-electron chi connectivity index (χ3n) is 6.05. The second kappa shape index (κ2) is 11.4. The van der Waals surface area contributed by atoms with Crippen molar-refractivity contribution in [2.24, 2.45) is 11.1 Å². The summed E-state index contributed by atoms with van der Waals surface area (Å²) in [5.74, 6) is -0.0874. The Labute approximate surface area is 181 Å². The first-order valence-corrected chi connectivity index (χ1v) is 9.95. The van der Waals surface area contributed by atoms with Crippen LogP contribution in [0.2, 0.25) is 0 Å². The summed E-state index contributed by atoms with van der Waals surface area (Å²) in [5, 5.41) is 3.20. The second-order valence-electron chi connectivity index (χ2n) is 8.20. The summed E-state index contributed by atoms with van der Waals surface area (Å²) >= 11 is 0. The first kappa shape index (κ1) is 25.2. The maximum Gasteiger partial charge on any atom is 0.244 e. The van der Waals surface area contributed by atoms with Crippen LogP contribution >= 0.6 is 24.8 Å². The van der Waals surface area contributed by atoms with Gasteiger partial charge >= 0.3 is 0 Å². The monoisotopic (exact) mass is 431 g/mol. The molecule has 1 atom stereocenters. The Morgan fingerprint density at radius 3 is 2.36 bits per heavy atom. The fourth-order valence-corrected chi connectivity index (χ4v) is 4.29. The van der Waals surface area contributed by atoms with Gasteiger partial charge in [-0.05, 0) is 25.3 Å². The molecule has 0 radical (unpaired) electrons. The predicted molar refractivity (Wildman–Crippen MR) is 118 cm³/mol. The van der Waals surface area contributed by atoms with Crippen molar-refractivity contribution in [2.45, 2.75) is 44.6 Å². The van der Waals surface area contributed by atoms with Gasteiger partial charge in [0.1, 0.15) is 5.54 Å². The number of nitrogens with one attached hydrogen (secondary N) is 1. The second-order valence-corrected chi connectivity index (χ2v) is 8.20. The lowest BCUT2D eigenvalue weighted by atomic mass is 9.73. The molecule has 1 heterocycles. The summed E-state index contributed by atoms with van der Waals surface area (Å²) in [7, 11) is 0. The number of nitrogens with zero attached hydrogens (tertiary/aromatic N) is 1. The molecule has 0 aromatic heterocycles. The molecular weight excluding hydrogens is 397 g/mol. The van der Waals surface area contributed by atoms with E-state index in [1.165, 1.54) is 32.1 Å². The average Bonchev–Trinajstić information content (AvgIpc) is 2.68. The molecule has 1 saturated heterocycles. The smallest absolute Gasteiger partial charge is 0.244 e. The van der Waals surface area contributed by atoms with Gasteiger partial charge in [0.25, 0.3) is 0 Å². The minimum absolute atomic E-state index is 0. The highest BCUT2D eigenvalue weighted by Gasteiger charge is 2.37. The zero-order valence-corrected chi connectivity index (χ0v) is 18.5. The molecule has 1 aromatic rings. The summed E-state index contributed by atoms with van der Waals surface area (Å²) in [5.41, 5.74) is 6.40. The highest BCUT2D eigenvalue weighted by Crippen LogP contribution is 2.37. The number of carbonyl (C=O) groups is 1. The van der Waals surface area contributed by atoms with Crippen LogP contribution in [0, 0.1) is 5.41 Å². The van der Waals surface area contributed by atoms with E-state index >= 15 is 0 Å². The Kier molecular flexibility index (Phi) is 10.2. The lowest BCUT2D eigenvalue weighted by molar-refractivity contribution is -0.127. The molecule has 1 aliphatic carbocycles. The Hall–Kier alpha value is -0.850. The minimum Gasteiger partial charge on any atom is -0.379 e. The molecule has 0 spiro atoms. The molecule has 28 heavy (non-hydrogen) atoms. The number of amides is 1. The van der Waals surface area contributed by atoms with Crippen molar-refractivity contribution in [3.05, 3.63) is 35.9 Å². The van der Waals surface area contributed by atoms with Crippen molar-refractivity contribution >= 4 is 30.7 Å². The van der Waals surface area contributed by atoms with E-state index in [1.54, 1.807) is 6.92 Å². The fraction of sp³-hybridized carbons (Fsp3) is 0.667. The predicted octanol–water partition coefficient (Wildman–Crippen LogP) is 3.10. The number of hydrogen-bond donors (Lipinski definition) is 2. The highest BCUT2D eigenvalue weighted by atomic mass is 35.5. The van der Waals surface area contributed by atoms with Gasteiger partial charge in [0.15, 0.2) is 0 Å². The van der Waals surface area contributed by atoms with Crippen molar-refractivity contribution in [2.75, 3.05) is 39.4 Å². The number of benzene rings is 1. The van der Waals surface area contributed by atoms with Crippen molar-refractivity contribution in [3.8, 4) is 0 Å². The van der Waals surface area contributed by atoms with Crippen molar-refractivity contribution in [3.63, 3.8) is 0 Å².